The van der Waals surface area contributed by atoms with Crippen LogP contribution in [0.2, 0.25) is 0 Å². The summed E-state index contributed by atoms with van der Waals surface area (Å²) < 4.78 is 16.5. The molecular formula is C20H33N3O3. The van der Waals surface area contributed by atoms with Crippen LogP contribution in [0, 0.1) is 12.8 Å². The van der Waals surface area contributed by atoms with Crippen molar-refractivity contribution < 1.29 is 14.2 Å². The van der Waals surface area contributed by atoms with Crippen molar-refractivity contribution in [3.05, 3.63) is 29.8 Å². The Kier molecular flexibility index (Phi) is 9.28. The van der Waals surface area contributed by atoms with Gasteiger partial charge in [-0.1, -0.05) is 18.2 Å². The summed E-state index contributed by atoms with van der Waals surface area (Å²) in [7, 11) is 1.70. The van der Waals surface area contributed by atoms with Crippen molar-refractivity contribution in [2.24, 2.45) is 10.9 Å². The predicted octanol–water partition coefficient (Wildman–Crippen LogP) is 2.32. The highest BCUT2D eigenvalue weighted by atomic mass is 16.5. The molecule has 1 aliphatic heterocycles. The molecule has 2 rings (SSSR count). The second kappa shape index (κ2) is 11.8. The summed E-state index contributed by atoms with van der Waals surface area (Å²) >= 11 is 0. The van der Waals surface area contributed by atoms with Crippen molar-refractivity contribution in [3.8, 4) is 5.75 Å². The summed E-state index contributed by atoms with van der Waals surface area (Å²) in [5.41, 5.74) is 1.15. The maximum Gasteiger partial charge on any atom is 0.194 e. The molecule has 6 heteroatoms. The molecule has 0 radical (unpaired) electrons. The Bertz CT molecular complexity index is 551. The summed E-state index contributed by atoms with van der Waals surface area (Å²) in [5, 5.41) is 3.39. The van der Waals surface area contributed by atoms with E-state index in [0.717, 1.165) is 49.9 Å². The van der Waals surface area contributed by atoms with E-state index in [9.17, 15) is 0 Å². The van der Waals surface area contributed by atoms with Crippen molar-refractivity contribution in [2.75, 3.05) is 59.7 Å². The number of ether oxygens (including phenoxy) is 3. The summed E-state index contributed by atoms with van der Waals surface area (Å²) in [5.74, 6) is 2.46. The molecule has 1 aromatic carbocycles. The van der Waals surface area contributed by atoms with Crippen LogP contribution in [-0.4, -0.2) is 70.6 Å². The number of aryl methyl sites for hydroxylation is 1. The fourth-order valence-electron chi connectivity index (χ4n) is 3.00. The molecule has 0 bridgehead atoms. The van der Waals surface area contributed by atoms with Crippen LogP contribution in [0.5, 0.6) is 5.75 Å². The molecule has 1 aromatic rings. The van der Waals surface area contributed by atoms with E-state index in [1.165, 1.54) is 0 Å². The molecule has 1 saturated heterocycles. The van der Waals surface area contributed by atoms with Crippen molar-refractivity contribution in [2.45, 2.75) is 20.3 Å². The van der Waals surface area contributed by atoms with Gasteiger partial charge in [-0.05, 0) is 31.9 Å². The zero-order valence-corrected chi connectivity index (χ0v) is 16.4. The second-order valence-electron chi connectivity index (χ2n) is 6.52. The van der Waals surface area contributed by atoms with E-state index in [-0.39, 0.29) is 0 Å². The molecule has 26 heavy (non-hydrogen) atoms. The zero-order valence-electron chi connectivity index (χ0n) is 16.4. The average Bonchev–Trinajstić information content (AvgIpc) is 3.11. The SMILES string of the molecule is CCNC(=NCCOc1ccccc1C)N1CCC(COCCOC)C1. The Morgan fingerprint density at radius 2 is 2.12 bits per heavy atom. The minimum atomic E-state index is 0.555. The van der Waals surface area contributed by atoms with Crippen LogP contribution >= 0.6 is 0 Å². The maximum atomic E-state index is 5.84. The van der Waals surface area contributed by atoms with E-state index in [0.29, 0.717) is 32.3 Å². The van der Waals surface area contributed by atoms with Crippen molar-refractivity contribution in [1.82, 2.24) is 10.2 Å². The fraction of sp³-hybridized carbons (Fsp3) is 0.650. The monoisotopic (exact) mass is 363 g/mol. The fourth-order valence-corrected chi connectivity index (χ4v) is 3.00. The van der Waals surface area contributed by atoms with Gasteiger partial charge in [-0.2, -0.15) is 0 Å². The third-order valence-electron chi connectivity index (χ3n) is 4.41. The van der Waals surface area contributed by atoms with E-state index in [4.69, 9.17) is 19.2 Å². The van der Waals surface area contributed by atoms with E-state index in [2.05, 4.69) is 30.1 Å². The first-order valence-electron chi connectivity index (χ1n) is 9.53. The summed E-state index contributed by atoms with van der Waals surface area (Å²) in [6, 6.07) is 8.07. The van der Waals surface area contributed by atoms with E-state index in [1.807, 2.05) is 18.2 Å². The third kappa shape index (κ3) is 6.84. The largest absolute Gasteiger partial charge is 0.491 e. The van der Waals surface area contributed by atoms with Crippen LogP contribution in [0.3, 0.4) is 0 Å². The standard InChI is InChI=1S/C20H33N3O3/c1-4-21-20(22-10-12-26-19-8-6-5-7-17(19)2)23-11-9-18(15-23)16-25-14-13-24-3/h5-8,18H,4,9-16H2,1-3H3,(H,21,22). The molecule has 1 N–H and O–H groups in total. The van der Waals surface area contributed by atoms with Crippen molar-refractivity contribution in [3.63, 3.8) is 0 Å². The molecule has 0 spiro atoms. The van der Waals surface area contributed by atoms with Crippen molar-refractivity contribution >= 4 is 5.96 Å². The molecule has 1 aliphatic rings. The molecule has 0 aromatic heterocycles. The van der Waals surface area contributed by atoms with Gasteiger partial charge in [0.15, 0.2) is 5.96 Å². The van der Waals surface area contributed by atoms with Crippen LogP contribution in [0.15, 0.2) is 29.3 Å². The molecule has 1 unspecified atom stereocenters. The third-order valence-corrected chi connectivity index (χ3v) is 4.41. The molecular weight excluding hydrogens is 330 g/mol. The van der Waals surface area contributed by atoms with Gasteiger partial charge in [0.05, 0.1) is 26.4 Å². The van der Waals surface area contributed by atoms with E-state index in [1.54, 1.807) is 7.11 Å². The molecule has 1 fully saturated rings. The minimum Gasteiger partial charge on any atom is -0.491 e. The van der Waals surface area contributed by atoms with Gasteiger partial charge in [0, 0.05) is 32.7 Å². The van der Waals surface area contributed by atoms with Gasteiger partial charge in [0.1, 0.15) is 12.4 Å². The normalized spacial score (nSPS) is 17.6. The summed E-state index contributed by atoms with van der Waals surface area (Å²) in [4.78, 5) is 7.05. The molecule has 1 atom stereocenters. The summed E-state index contributed by atoms with van der Waals surface area (Å²) in [6.07, 6.45) is 1.14. The highest BCUT2D eigenvalue weighted by Gasteiger charge is 2.24. The Labute approximate surface area is 157 Å². The molecule has 0 amide bonds. The number of para-hydroxylation sites is 1. The number of aliphatic imine (C=N–C) groups is 1. The number of benzene rings is 1. The lowest BCUT2D eigenvalue weighted by atomic mass is 10.1. The Morgan fingerprint density at radius 1 is 1.27 bits per heavy atom. The molecule has 0 saturated carbocycles. The van der Waals surface area contributed by atoms with E-state index < -0.39 is 0 Å². The number of likely N-dealkylation sites (tertiary alicyclic amines) is 1. The second-order valence-corrected chi connectivity index (χ2v) is 6.52. The lowest BCUT2D eigenvalue weighted by molar-refractivity contribution is 0.0536. The molecule has 146 valence electrons. The zero-order chi connectivity index (χ0) is 18.6. The lowest BCUT2D eigenvalue weighted by Gasteiger charge is -2.21. The van der Waals surface area contributed by atoms with Gasteiger partial charge in [-0.25, -0.2) is 4.99 Å². The number of hydrogen-bond donors (Lipinski definition) is 1. The number of nitrogens with zero attached hydrogens (tertiary/aromatic N) is 2. The first-order valence-corrected chi connectivity index (χ1v) is 9.53. The Hall–Kier alpha value is -1.79. The topological polar surface area (TPSA) is 55.3 Å². The number of nitrogens with one attached hydrogen (secondary N) is 1. The van der Waals surface area contributed by atoms with Crippen LogP contribution in [0.25, 0.3) is 0 Å². The highest BCUT2D eigenvalue weighted by Crippen LogP contribution is 2.17. The van der Waals surface area contributed by atoms with Crippen molar-refractivity contribution in [1.29, 1.82) is 0 Å². The molecule has 6 nitrogen and oxygen atoms in total. The Balaban J connectivity index is 1.76. The average molecular weight is 364 g/mol. The number of hydrogen-bond acceptors (Lipinski definition) is 4. The lowest BCUT2D eigenvalue weighted by Crippen LogP contribution is -2.40. The van der Waals surface area contributed by atoms with E-state index >= 15 is 0 Å². The van der Waals surface area contributed by atoms with Crippen LogP contribution in [0.1, 0.15) is 18.9 Å². The number of guanidine groups is 1. The van der Waals surface area contributed by atoms with Gasteiger partial charge >= 0.3 is 0 Å². The highest BCUT2D eigenvalue weighted by molar-refractivity contribution is 5.80. The van der Waals surface area contributed by atoms with Gasteiger partial charge in [0.25, 0.3) is 0 Å². The molecule has 1 heterocycles. The first kappa shape index (κ1) is 20.5. The van der Waals surface area contributed by atoms with Gasteiger partial charge in [-0.3, -0.25) is 0 Å². The van der Waals surface area contributed by atoms with Gasteiger partial charge < -0.3 is 24.4 Å². The first-order chi connectivity index (χ1) is 12.7. The minimum absolute atomic E-state index is 0.555. The van der Waals surface area contributed by atoms with Gasteiger partial charge in [-0.15, -0.1) is 0 Å². The van der Waals surface area contributed by atoms with Crippen LogP contribution in [0.4, 0.5) is 0 Å². The maximum absolute atomic E-state index is 5.84. The molecule has 0 aliphatic carbocycles. The van der Waals surface area contributed by atoms with Gasteiger partial charge in [0.2, 0.25) is 0 Å². The smallest absolute Gasteiger partial charge is 0.194 e. The predicted molar refractivity (Wildman–Crippen MR) is 105 cm³/mol. The number of methoxy groups -OCH3 is 1. The van der Waals surface area contributed by atoms with Crippen LogP contribution in [-0.2, 0) is 9.47 Å². The quantitative estimate of drug-likeness (QED) is 0.393. The van der Waals surface area contributed by atoms with Crippen LogP contribution < -0.4 is 10.1 Å². The number of rotatable bonds is 10. The summed E-state index contributed by atoms with van der Waals surface area (Å²) in [6.45, 7) is 10.3. The Morgan fingerprint density at radius 3 is 2.88 bits per heavy atom.